The minimum atomic E-state index is -0.328. The van der Waals surface area contributed by atoms with Gasteiger partial charge >= 0.3 is 5.97 Å². The van der Waals surface area contributed by atoms with E-state index in [1.54, 1.807) is 6.92 Å². The Balaban J connectivity index is 1.73. The van der Waals surface area contributed by atoms with E-state index in [9.17, 15) is 4.79 Å². The number of carbonyl (C=O) groups is 1. The molecule has 0 aliphatic rings. The Bertz CT molecular complexity index is 1260. The summed E-state index contributed by atoms with van der Waals surface area (Å²) in [6.45, 7) is 3.51. The van der Waals surface area contributed by atoms with Gasteiger partial charge in [0.15, 0.2) is 0 Å². The lowest BCUT2D eigenvalue weighted by atomic mass is 10.1. The zero-order valence-electron chi connectivity index (χ0n) is 19.0. The second-order valence-electron chi connectivity index (χ2n) is 7.85. The fraction of sp³-hybridized carbons (Fsp3) is 0.222. The van der Waals surface area contributed by atoms with E-state index in [1.165, 1.54) is 11.6 Å². The third-order valence-corrected chi connectivity index (χ3v) is 5.69. The minimum Gasteiger partial charge on any atom is -0.463 e. The van der Waals surface area contributed by atoms with Gasteiger partial charge < -0.3 is 4.74 Å². The summed E-state index contributed by atoms with van der Waals surface area (Å²) in [5.41, 5.74) is 3.95. The Morgan fingerprint density at radius 1 is 1.09 bits per heavy atom. The zero-order valence-corrected chi connectivity index (χ0v) is 19.8. The molecule has 0 radical (unpaired) electrons. The Hall–Kier alpha value is -3.48. The number of ether oxygens (including phenoxy) is 1. The van der Waals surface area contributed by atoms with Gasteiger partial charge in [0.25, 0.3) is 0 Å². The maximum absolute atomic E-state index is 11.7. The van der Waals surface area contributed by atoms with Crippen molar-refractivity contribution in [3.8, 4) is 0 Å². The standard InChI is InChI=1S/C27H27ClN4O2/c1-2-34-26(33)17-8-9-18-31(20-21-11-4-3-5-12-21)27(22-13-10-14-23(28)19-22)32-25-16-7-6-15-24(25)29-30-32/h3-8,10-17,19,27H,2,9,18,20H2,1H3/b17-8-. The predicted octanol–water partition coefficient (Wildman–Crippen LogP) is 5.64. The summed E-state index contributed by atoms with van der Waals surface area (Å²) in [7, 11) is 0. The number of esters is 1. The fourth-order valence-corrected chi connectivity index (χ4v) is 4.16. The topological polar surface area (TPSA) is 60.2 Å². The van der Waals surface area contributed by atoms with Crippen LogP contribution in [-0.4, -0.2) is 39.0 Å². The molecule has 0 N–H and O–H groups in total. The van der Waals surface area contributed by atoms with Crippen molar-refractivity contribution in [1.29, 1.82) is 0 Å². The van der Waals surface area contributed by atoms with Crippen LogP contribution >= 0.6 is 11.6 Å². The van der Waals surface area contributed by atoms with Crippen molar-refractivity contribution >= 4 is 28.6 Å². The SMILES string of the molecule is CCOC(=O)/C=C\CCN(Cc1ccccc1)C(c1cccc(Cl)c1)n1nnc2ccccc21. The fourth-order valence-electron chi connectivity index (χ4n) is 3.96. The molecule has 0 spiro atoms. The average Bonchev–Trinajstić information content (AvgIpc) is 3.26. The molecule has 1 atom stereocenters. The van der Waals surface area contributed by atoms with Gasteiger partial charge in [-0.15, -0.1) is 5.10 Å². The molecule has 0 aliphatic heterocycles. The highest BCUT2D eigenvalue weighted by Crippen LogP contribution is 2.29. The summed E-state index contributed by atoms with van der Waals surface area (Å²) < 4.78 is 6.95. The number of carbonyl (C=O) groups excluding carboxylic acids is 1. The summed E-state index contributed by atoms with van der Waals surface area (Å²) in [5, 5.41) is 9.59. The second-order valence-corrected chi connectivity index (χ2v) is 8.29. The van der Waals surface area contributed by atoms with Gasteiger partial charge in [0, 0.05) is 24.2 Å². The number of halogens is 1. The molecule has 1 heterocycles. The van der Waals surface area contributed by atoms with Gasteiger partial charge in [0.2, 0.25) is 0 Å². The normalized spacial score (nSPS) is 12.4. The highest BCUT2D eigenvalue weighted by molar-refractivity contribution is 6.30. The lowest BCUT2D eigenvalue weighted by Gasteiger charge is -2.32. The highest BCUT2D eigenvalue weighted by atomic mass is 35.5. The number of benzene rings is 3. The van der Waals surface area contributed by atoms with Crippen molar-refractivity contribution in [3.63, 3.8) is 0 Å². The van der Waals surface area contributed by atoms with E-state index in [2.05, 4.69) is 33.4 Å². The highest BCUT2D eigenvalue weighted by Gasteiger charge is 2.25. The number of aromatic nitrogens is 3. The van der Waals surface area contributed by atoms with Gasteiger partial charge in [-0.25, -0.2) is 9.48 Å². The molecular formula is C27H27ClN4O2. The summed E-state index contributed by atoms with van der Waals surface area (Å²) in [6, 6.07) is 26.1. The van der Waals surface area contributed by atoms with Crippen LogP contribution in [0.2, 0.25) is 5.02 Å². The summed E-state index contributed by atoms with van der Waals surface area (Å²) in [4.78, 5) is 14.1. The molecule has 7 heteroatoms. The van der Waals surface area contributed by atoms with Crippen LogP contribution in [0.25, 0.3) is 11.0 Å². The Morgan fingerprint density at radius 2 is 1.88 bits per heavy atom. The number of hydrogen-bond acceptors (Lipinski definition) is 5. The molecule has 1 unspecified atom stereocenters. The Labute approximate surface area is 204 Å². The lowest BCUT2D eigenvalue weighted by molar-refractivity contribution is -0.137. The van der Waals surface area contributed by atoms with E-state index in [1.807, 2.05) is 71.4 Å². The first-order valence-electron chi connectivity index (χ1n) is 11.3. The average molecular weight is 475 g/mol. The molecule has 174 valence electrons. The van der Waals surface area contributed by atoms with Crippen molar-refractivity contribution in [3.05, 3.63) is 107 Å². The smallest absolute Gasteiger partial charge is 0.330 e. The maximum Gasteiger partial charge on any atom is 0.330 e. The molecule has 4 aromatic rings. The van der Waals surface area contributed by atoms with Crippen LogP contribution in [0.5, 0.6) is 0 Å². The summed E-state index contributed by atoms with van der Waals surface area (Å²) in [5.74, 6) is -0.328. The molecular weight excluding hydrogens is 448 g/mol. The van der Waals surface area contributed by atoms with Crippen LogP contribution in [0.4, 0.5) is 0 Å². The third-order valence-electron chi connectivity index (χ3n) is 5.45. The molecule has 0 bridgehead atoms. The maximum atomic E-state index is 11.7. The largest absolute Gasteiger partial charge is 0.463 e. The van der Waals surface area contributed by atoms with Gasteiger partial charge in [-0.05, 0) is 48.7 Å². The molecule has 0 amide bonds. The van der Waals surface area contributed by atoms with Crippen molar-refractivity contribution in [2.24, 2.45) is 0 Å². The van der Waals surface area contributed by atoms with Crippen molar-refractivity contribution < 1.29 is 9.53 Å². The van der Waals surface area contributed by atoms with Gasteiger partial charge in [0.05, 0.1) is 12.1 Å². The van der Waals surface area contributed by atoms with E-state index in [0.29, 0.717) is 31.1 Å². The van der Waals surface area contributed by atoms with Crippen molar-refractivity contribution in [2.75, 3.05) is 13.2 Å². The number of para-hydroxylation sites is 1. The van der Waals surface area contributed by atoms with Crippen molar-refractivity contribution in [2.45, 2.75) is 26.1 Å². The van der Waals surface area contributed by atoms with Crippen LogP contribution < -0.4 is 0 Å². The first-order valence-corrected chi connectivity index (χ1v) is 11.7. The first-order chi connectivity index (χ1) is 16.7. The molecule has 4 rings (SSSR count). The quantitative estimate of drug-likeness (QED) is 0.220. The molecule has 0 fully saturated rings. The van der Waals surface area contributed by atoms with E-state index < -0.39 is 0 Å². The first kappa shape index (κ1) is 23.7. The number of fused-ring (bicyclic) bond motifs is 1. The van der Waals surface area contributed by atoms with Crippen LogP contribution in [0.1, 0.15) is 30.6 Å². The minimum absolute atomic E-state index is 0.248. The monoisotopic (exact) mass is 474 g/mol. The van der Waals surface area contributed by atoms with Gasteiger partial charge in [-0.3, -0.25) is 4.90 Å². The third kappa shape index (κ3) is 5.90. The van der Waals surface area contributed by atoms with E-state index >= 15 is 0 Å². The Morgan fingerprint density at radius 3 is 2.68 bits per heavy atom. The number of hydrogen-bond donors (Lipinski definition) is 0. The van der Waals surface area contributed by atoms with Crippen LogP contribution in [0.3, 0.4) is 0 Å². The predicted molar refractivity (Wildman–Crippen MR) is 134 cm³/mol. The zero-order chi connectivity index (χ0) is 23.8. The Kier molecular flexibility index (Phi) is 8.07. The van der Waals surface area contributed by atoms with Gasteiger partial charge in [-0.1, -0.05) is 77.5 Å². The molecule has 0 saturated heterocycles. The molecule has 34 heavy (non-hydrogen) atoms. The van der Waals surface area contributed by atoms with E-state index in [4.69, 9.17) is 16.3 Å². The van der Waals surface area contributed by atoms with Gasteiger partial charge in [-0.2, -0.15) is 0 Å². The van der Waals surface area contributed by atoms with Crippen LogP contribution in [0.15, 0.2) is 91.0 Å². The lowest BCUT2D eigenvalue weighted by Crippen LogP contribution is -2.34. The molecule has 0 aliphatic carbocycles. The molecule has 1 aromatic heterocycles. The molecule has 6 nitrogen and oxygen atoms in total. The number of nitrogens with zero attached hydrogens (tertiary/aromatic N) is 4. The van der Waals surface area contributed by atoms with E-state index in [-0.39, 0.29) is 12.1 Å². The van der Waals surface area contributed by atoms with Gasteiger partial charge in [0.1, 0.15) is 11.7 Å². The second kappa shape index (κ2) is 11.6. The van der Waals surface area contributed by atoms with E-state index in [0.717, 1.165) is 16.6 Å². The molecule has 0 saturated carbocycles. The van der Waals surface area contributed by atoms with Crippen molar-refractivity contribution in [1.82, 2.24) is 19.9 Å². The summed E-state index contributed by atoms with van der Waals surface area (Å²) >= 11 is 6.40. The van der Waals surface area contributed by atoms with Crippen LogP contribution in [-0.2, 0) is 16.1 Å². The number of rotatable bonds is 10. The van der Waals surface area contributed by atoms with Crippen LogP contribution in [0, 0.1) is 0 Å². The summed E-state index contributed by atoms with van der Waals surface area (Å²) in [6.07, 6.45) is 3.76. The molecule has 3 aromatic carbocycles.